The van der Waals surface area contributed by atoms with E-state index in [0.717, 1.165) is 49.3 Å². The highest BCUT2D eigenvalue weighted by Crippen LogP contribution is 2.30. The summed E-state index contributed by atoms with van der Waals surface area (Å²) in [6.45, 7) is 12.7. The fourth-order valence-electron chi connectivity index (χ4n) is 4.60. The molecule has 180 valence electrons. The van der Waals surface area contributed by atoms with E-state index in [2.05, 4.69) is 65.4 Å². The number of carbonyl (C=O) groups is 1. The molecule has 1 unspecified atom stereocenters. The number of nitrogens with one attached hydrogen (secondary N) is 1. The van der Waals surface area contributed by atoms with Gasteiger partial charge < -0.3 is 21.1 Å². The molecule has 33 heavy (non-hydrogen) atoms. The first kappa shape index (κ1) is 25.2. The van der Waals surface area contributed by atoms with Gasteiger partial charge in [0, 0.05) is 38.4 Å². The van der Waals surface area contributed by atoms with E-state index >= 15 is 0 Å². The average molecular weight is 453 g/mol. The molecule has 4 N–H and O–H groups in total. The van der Waals surface area contributed by atoms with Gasteiger partial charge in [-0.25, -0.2) is 0 Å². The van der Waals surface area contributed by atoms with E-state index in [4.69, 9.17) is 5.73 Å². The minimum atomic E-state index is -0.655. The molecule has 1 fully saturated rings. The first-order chi connectivity index (χ1) is 15.7. The van der Waals surface area contributed by atoms with Gasteiger partial charge in [-0.05, 0) is 55.0 Å². The summed E-state index contributed by atoms with van der Waals surface area (Å²) in [6.07, 6.45) is 0.785. The molecule has 0 spiro atoms. The number of aliphatic hydroxyl groups is 1. The molecule has 0 radical (unpaired) electrons. The van der Waals surface area contributed by atoms with Crippen molar-refractivity contribution in [2.75, 3.05) is 44.3 Å². The lowest BCUT2D eigenvalue weighted by Crippen LogP contribution is -2.50. The molecule has 1 amide bonds. The van der Waals surface area contributed by atoms with E-state index in [-0.39, 0.29) is 18.5 Å². The number of benzene rings is 2. The van der Waals surface area contributed by atoms with Gasteiger partial charge in [-0.1, -0.05) is 50.2 Å². The highest BCUT2D eigenvalue weighted by Gasteiger charge is 2.23. The predicted octanol–water partition coefficient (Wildman–Crippen LogP) is 3.41. The number of nitrogens with two attached hydrogens (primary N) is 1. The second-order valence-corrected chi connectivity index (χ2v) is 10.2. The fourth-order valence-corrected chi connectivity index (χ4v) is 4.60. The van der Waals surface area contributed by atoms with Crippen LogP contribution in [0.1, 0.15) is 45.6 Å². The zero-order valence-corrected chi connectivity index (χ0v) is 20.6. The largest absolute Gasteiger partial charge is 0.389 e. The Hall–Kier alpha value is -2.41. The van der Waals surface area contributed by atoms with Crippen LogP contribution in [-0.2, 0) is 4.79 Å². The van der Waals surface area contributed by atoms with E-state index in [9.17, 15) is 9.90 Å². The molecule has 1 atom stereocenters. The number of hydrogen-bond acceptors (Lipinski definition) is 5. The summed E-state index contributed by atoms with van der Waals surface area (Å²) in [5, 5.41) is 12.8. The zero-order chi connectivity index (χ0) is 24.0. The first-order valence-electron chi connectivity index (χ1n) is 12.0. The van der Waals surface area contributed by atoms with Crippen LogP contribution in [0.4, 0.5) is 5.69 Å². The zero-order valence-electron chi connectivity index (χ0n) is 20.6. The van der Waals surface area contributed by atoms with Gasteiger partial charge in [0.15, 0.2) is 0 Å². The molecular weight excluding hydrogens is 412 g/mol. The number of β-amino-alcohol motifs (C(OH)–C–C–N with tert-alkyl or cyclic N) is 1. The van der Waals surface area contributed by atoms with E-state index in [1.54, 1.807) is 0 Å². The second-order valence-electron chi connectivity index (χ2n) is 10.2. The Morgan fingerprint density at radius 3 is 2.30 bits per heavy atom. The summed E-state index contributed by atoms with van der Waals surface area (Å²) in [5.74, 6) is 0.195. The number of hydrogen-bond donors (Lipinski definition) is 3. The van der Waals surface area contributed by atoms with Crippen LogP contribution in [-0.4, -0.2) is 60.9 Å². The molecule has 1 aliphatic heterocycles. The van der Waals surface area contributed by atoms with Gasteiger partial charge in [0.2, 0.25) is 5.91 Å². The van der Waals surface area contributed by atoms with Crippen LogP contribution in [0, 0.1) is 5.92 Å². The van der Waals surface area contributed by atoms with Crippen molar-refractivity contribution in [2.45, 2.75) is 45.6 Å². The van der Waals surface area contributed by atoms with Crippen LogP contribution in [0.2, 0.25) is 0 Å². The van der Waals surface area contributed by atoms with Gasteiger partial charge in [-0.2, -0.15) is 0 Å². The van der Waals surface area contributed by atoms with Crippen molar-refractivity contribution in [1.82, 2.24) is 10.2 Å². The summed E-state index contributed by atoms with van der Waals surface area (Å²) < 4.78 is 0. The van der Waals surface area contributed by atoms with Gasteiger partial charge in [0.05, 0.1) is 18.2 Å². The summed E-state index contributed by atoms with van der Waals surface area (Å²) in [5.41, 5.74) is 9.41. The summed E-state index contributed by atoms with van der Waals surface area (Å²) in [7, 11) is 0. The SMILES string of the molecule is CC(C)CC(C(=O)NCN)c1cccc(-c2ccc(N3CCN(CC(C)(C)O)CC3)cc2)c1. The number of rotatable bonds is 9. The lowest BCUT2D eigenvalue weighted by molar-refractivity contribution is -0.122. The maximum absolute atomic E-state index is 12.6. The third-order valence-corrected chi connectivity index (χ3v) is 6.14. The van der Waals surface area contributed by atoms with Crippen molar-refractivity contribution in [3.8, 4) is 11.1 Å². The van der Waals surface area contributed by atoms with E-state index < -0.39 is 5.60 Å². The summed E-state index contributed by atoms with van der Waals surface area (Å²) >= 11 is 0. The maximum atomic E-state index is 12.6. The Morgan fingerprint density at radius 2 is 1.73 bits per heavy atom. The van der Waals surface area contributed by atoms with Crippen LogP contribution in [0.25, 0.3) is 11.1 Å². The molecule has 1 heterocycles. The standard InChI is InChI=1S/C27H40N4O2/c1-20(2)16-25(26(32)29-19-28)23-7-5-6-22(17-23)21-8-10-24(11-9-21)31-14-12-30(13-15-31)18-27(3,4)33/h5-11,17,20,25,33H,12-16,18-19,28H2,1-4H3,(H,29,32). The smallest absolute Gasteiger partial charge is 0.228 e. The molecule has 0 bridgehead atoms. The molecule has 1 aliphatic rings. The highest BCUT2D eigenvalue weighted by molar-refractivity contribution is 5.84. The molecule has 6 nitrogen and oxygen atoms in total. The van der Waals surface area contributed by atoms with Crippen molar-refractivity contribution < 1.29 is 9.90 Å². The number of amides is 1. The van der Waals surface area contributed by atoms with Gasteiger partial charge in [0.25, 0.3) is 0 Å². The third-order valence-electron chi connectivity index (χ3n) is 6.14. The lowest BCUT2D eigenvalue weighted by Gasteiger charge is -2.38. The molecule has 0 aliphatic carbocycles. The van der Waals surface area contributed by atoms with Gasteiger partial charge in [-0.3, -0.25) is 9.69 Å². The van der Waals surface area contributed by atoms with Crippen LogP contribution in [0.3, 0.4) is 0 Å². The first-order valence-corrected chi connectivity index (χ1v) is 12.0. The summed E-state index contributed by atoms with van der Waals surface area (Å²) in [4.78, 5) is 17.4. The Bertz CT molecular complexity index is 897. The Kier molecular flexibility index (Phi) is 8.51. The minimum absolute atomic E-state index is 0.0116. The van der Waals surface area contributed by atoms with Crippen molar-refractivity contribution in [3.05, 3.63) is 54.1 Å². The number of nitrogens with zero attached hydrogens (tertiary/aromatic N) is 2. The summed E-state index contributed by atoms with van der Waals surface area (Å²) in [6, 6.07) is 17.0. The van der Waals surface area contributed by atoms with E-state index in [1.165, 1.54) is 5.69 Å². The van der Waals surface area contributed by atoms with Crippen LogP contribution in [0.5, 0.6) is 0 Å². The predicted molar refractivity (Wildman–Crippen MR) is 136 cm³/mol. The van der Waals surface area contributed by atoms with Gasteiger partial charge in [0.1, 0.15) is 0 Å². The monoisotopic (exact) mass is 452 g/mol. The van der Waals surface area contributed by atoms with Gasteiger partial charge >= 0.3 is 0 Å². The fraction of sp³-hybridized carbons (Fsp3) is 0.519. The topological polar surface area (TPSA) is 81.8 Å². The number of anilines is 1. The third kappa shape index (κ3) is 7.29. The molecule has 0 aromatic heterocycles. The second kappa shape index (κ2) is 11.1. The minimum Gasteiger partial charge on any atom is -0.389 e. The van der Waals surface area contributed by atoms with Crippen molar-refractivity contribution in [2.24, 2.45) is 11.7 Å². The van der Waals surface area contributed by atoms with Crippen LogP contribution < -0.4 is 16.0 Å². The Labute approximate surface area is 198 Å². The maximum Gasteiger partial charge on any atom is 0.228 e. The molecule has 2 aromatic rings. The van der Waals surface area contributed by atoms with Crippen molar-refractivity contribution >= 4 is 11.6 Å². The molecular formula is C27H40N4O2. The quantitative estimate of drug-likeness (QED) is 0.508. The number of piperazine rings is 1. The number of carbonyl (C=O) groups excluding carboxylic acids is 1. The van der Waals surface area contributed by atoms with Crippen molar-refractivity contribution in [3.63, 3.8) is 0 Å². The van der Waals surface area contributed by atoms with Crippen LogP contribution >= 0.6 is 0 Å². The lowest BCUT2D eigenvalue weighted by atomic mass is 9.88. The van der Waals surface area contributed by atoms with Gasteiger partial charge in [-0.15, -0.1) is 0 Å². The normalized spacial score (nSPS) is 16.2. The Morgan fingerprint density at radius 1 is 1.06 bits per heavy atom. The molecule has 1 saturated heterocycles. The molecule has 3 rings (SSSR count). The molecule has 0 saturated carbocycles. The van der Waals surface area contributed by atoms with Crippen LogP contribution in [0.15, 0.2) is 48.5 Å². The van der Waals surface area contributed by atoms with E-state index in [0.29, 0.717) is 12.5 Å². The highest BCUT2D eigenvalue weighted by atomic mass is 16.3. The molecule has 2 aromatic carbocycles. The Balaban J connectivity index is 1.70. The average Bonchev–Trinajstić information content (AvgIpc) is 2.77. The molecule has 6 heteroatoms. The van der Waals surface area contributed by atoms with Crippen molar-refractivity contribution in [1.29, 1.82) is 0 Å². The van der Waals surface area contributed by atoms with E-state index in [1.807, 2.05) is 26.0 Å².